The number of benzene rings is 2. The molecule has 0 aromatic heterocycles. The smallest absolute Gasteiger partial charge is 0.126 e. The van der Waals surface area contributed by atoms with Crippen molar-refractivity contribution in [1.82, 2.24) is 0 Å². The standard InChI is InChI=1S/C50H82O4/c1-15-23-35(43-33-53-43)25-21-27-51-45-39(47(7,8)17-3)29-37(30-40(45)48(9,10)18-4)38-31-41(49(11,12)19-5)46(42(32-38)50(13,14)20-6)52-28-22-26-36(24-16-2)44-34-54-44/h29-32,35-36,43-44H,15-28,33-34H2,1-14H3. The summed E-state index contributed by atoms with van der Waals surface area (Å²) < 4.78 is 25.5. The molecular formula is C50H82O4. The van der Waals surface area contributed by atoms with E-state index in [0.717, 1.165) is 76.5 Å². The maximum Gasteiger partial charge on any atom is 0.126 e. The molecule has 4 rings (SSSR count). The van der Waals surface area contributed by atoms with Gasteiger partial charge in [-0.15, -0.1) is 0 Å². The summed E-state index contributed by atoms with van der Waals surface area (Å²) in [6.07, 6.45) is 14.5. The third-order valence-electron chi connectivity index (χ3n) is 14.0. The van der Waals surface area contributed by atoms with Crippen LogP contribution in [0.15, 0.2) is 24.3 Å². The lowest BCUT2D eigenvalue weighted by Gasteiger charge is -2.35. The first-order chi connectivity index (χ1) is 25.5. The van der Waals surface area contributed by atoms with Gasteiger partial charge in [-0.05, 0) is 133 Å². The topological polar surface area (TPSA) is 43.5 Å². The second-order valence-electron chi connectivity index (χ2n) is 19.6. The lowest BCUT2D eigenvalue weighted by molar-refractivity contribution is 0.251. The van der Waals surface area contributed by atoms with Gasteiger partial charge in [-0.2, -0.15) is 0 Å². The maximum absolute atomic E-state index is 7.01. The van der Waals surface area contributed by atoms with Gasteiger partial charge in [-0.1, -0.05) is 110 Å². The van der Waals surface area contributed by atoms with Crippen molar-refractivity contribution in [3.05, 3.63) is 46.5 Å². The highest BCUT2D eigenvalue weighted by Crippen LogP contribution is 2.49. The van der Waals surface area contributed by atoms with Gasteiger partial charge in [0.15, 0.2) is 0 Å². The number of rotatable bonds is 25. The fraction of sp³-hybridized carbons (Fsp3) is 0.760. The summed E-state index contributed by atoms with van der Waals surface area (Å²) in [5.74, 6) is 3.55. The molecule has 2 aromatic carbocycles. The van der Waals surface area contributed by atoms with Crippen molar-refractivity contribution < 1.29 is 18.9 Å². The van der Waals surface area contributed by atoms with Gasteiger partial charge in [0.1, 0.15) is 11.5 Å². The van der Waals surface area contributed by atoms with Crippen LogP contribution in [0, 0.1) is 11.8 Å². The molecule has 2 fully saturated rings. The molecule has 2 aliphatic heterocycles. The Morgan fingerprint density at radius 2 is 0.778 bits per heavy atom. The molecule has 0 bridgehead atoms. The van der Waals surface area contributed by atoms with E-state index < -0.39 is 0 Å². The summed E-state index contributed by atoms with van der Waals surface area (Å²) in [6, 6.07) is 9.95. The molecule has 4 atom stereocenters. The Morgan fingerprint density at radius 1 is 0.500 bits per heavy atom. The van der Waals surface area contributed by atoms with Gasteiger partial charge in [0, 0.05) is 22.3 Å². The maximum atomic E-state index is 7.01. The van der Waals surface area contributed by atoms with Crippen molar-refractivity contribution in [2.45, 2.75) is 208 Å². The lowest BCUT2D eigenvalue weighted by Crippen LogP contribution is -2.24. The third kappa shape index (κ3) is 11.1. The molecule has 0 aliphatic carbocycles. The van der Waals surface area contributed by atoms with Crippen molar-refractivity contribution >= 4 is 0 Å². The Balaban J connectivity index is 1.82. The second-order valence-corrected chi connectivity index (χ2v) is 19.6. The largest absolute Gasteiger partial charge is 0.493 e. The van der Waals surface area contributed by atoms with E-state index in [0.29, 0.717) is 24.0 Å². The van der Waals surface area contributed by atoms with Gasteiger partial charge < -0.3 is 18.9 Å². The average molecular weight is 747 g/mol. The monoisotopic (exact) mass is 747 g/mol. The zero-order valence-electron chi connectivity index (χ0n) is 37.6. The Bertz CT molecular complexity index is 1290. The minimum atomic E-state index is -0.0439. The van der Waals surface area contributed by atoms with E-state index >= 15 is 0 Å². The molecule has 0 N–H and O–H groups in total. The van der Waals surface area contributed by atoms with Crippen LogP contribution in [0.5, 0.6) is 11.5 Å². The number of ether oxygens (including phenoxy) is 4. The van der Waals surface area contributed by atoms with Gasteiger partial charge in [-0.3, -0.25) is 0 Å². The van der Waals surface area contributed by atoms with Crippen molar-refractivity contribution in [2.75, 3.05) is 26.4 Å². The summed E-state index contributed by atoms with van der Waals surface area (Å²) in [5, 5.41) is 0. The zero-order valence-corrected chi connectivity index (χ0v) is 37.6. The van der Waals surface area contributed by atoms with E-state index in [4.69, 9.17) is 18.9 Å². The number of epoxide rings is 2. The Labute approximate surface area is 333 Å². The molecule has 2 aromatic rings. The highest BCUT2D eigenvalue weighted by atomic mass is 16.6. The first-order valence-electron chi connectivity index (χ1n) is 22.4. The summed E-state index contributed by atoms with van der Waals surface area (Å²) in [6.45, 7) is 36.4. The van der Waals surface area contributed by atoms with E-state index in [1.54, 1.807) is 0 Å². The minimum Gasteiger partial charge on any atom is -0.493 e. The molecule has 4 nitrogen and oxygen atoms in total. The van der Waals surface area contributed by atoms with Crippen LogP contribution in [0.3, 0.4) is 0 Å². The lowest BCUT2D eigenvalue weighted by atomic mass is 9.72. The van der Waals surface area contributed by atoms with Crippen LogP contribution in [-0.4, -0.2) is 38.6 Å². The van der Waals surface area contributed by atoms with Crippen LogP contribution in [0.2, 0.25) is 0 Å². The van der Waals surface area contributed by atoms with Crippen LogP contribution in [0.4, 0.5) is 0 Å². The third-order valence-corrected chi connectivity index (χ3v) is 14.0. The molecule has 0 amide bonds. The molecule has 0 radical (unpaired) electrons. The van der Waals surface area contributed by atoms with E-state index in [1.807, 2.05) is 0 Å². The summed E-state index contributed by atoms with van der Waals surface area (Å²) in [5.41, 5.74) is 7.76. The van der Waals surface area contributed by atoms with Crippen molar-refractivity contribution in [2.24, 2.45) is 11.8 Å². The van der Waals surface area contributed by atoms with E-state index in [-0.39, 0.29) is 21.7 Å². The van der Waals surface area contributed by atoms with E-state index in [1.165, 1.54) is 71.9 Å². The summed E-state index contributed by atoms with van der Waals surface area (Å²) in [4.78, 5) is 0. The van der Waals surface area contributed by atoms with Gasteiger partial charge in [0.05, 0.1) is 38.6 Å². The second kappa shape index (κ2) is 18.9. The van der Waals surface area contributed by atoms with Gasteiger partial charge in [-0.25, -0.2) is 0 Å². The molecule has 2 heterocycles. The molecule has 306 valence electrons. The Hall–Kier alpha value is -2.04. The molecule has 0 spiro atoms. The molecular weight excluding hydrogens is 665 g/mol. The average Bonchev–Trinajstić information content (AvgIpc) is 4.08. The minimum absolute atomic E-state index is 0.0439. The van der Waals surface area contributed by atoms with Crippen LogP contribution in [0.1, 0.15) is 196 Å². The summed E-state index contributed by atoms with van der Waals surface area (Å²) in [7, 11) is 0. The molecule has 4 unspecified atom stereocenters. The zero-order chi connectivity index (χ0) is 39.9. The molecule has 54 heavy (non-hydrogen) atoms. The van der Waals surface area contributed by atoms with Crippen LogP contribution in [0.25, 0.3) is 11.1 Å². The highest BCUT2D eigenvalue weighted by molar-refractivity contribution is 5.73. The Kier molecular flexibility index (Phi) is 15.7. The van der Waals surface area contributed by atoms with Crippen LogP contribution < -0.4 is 9.47 Å². The molecule has 2 aliphatic rings. The summed E-state index contributed by atoms with van der Waals surface area (Å²) >= 11 is 0. The molecule has 0 saturated carbocycles. The van der Waals surface area contributed by atoms with Crippen molar-refractivity contribution in [3.63, 3.8) is 0 Å². The quantitative estimate of drug-likeness (QED) is 0.0749. The SMILES string of the molecule is CCCC(CCCOc1c(C(C)(C)CC)cc(-c2cc(C(C)(C)CC)c(OCCCC(CCC)C3CO3)c(C(C)(C)CC)c2)cc1C(C)(C)CC)C1CO1. The normalized spacial score (nSPS) is 18.8. The Morgan fingerprint density at radius 3 is 1.00 bits per heavy atom. The highest BCUT2D eigenvalue weighted by Gasteiger charge is 2.36. The number of hydrogen-bond donors (Lipinski definition) is 0. The number of hydrogen-bond acceptors (Lipinski definition) is 4. The predicted molar refractivity (Wildman–Crippen MR) is 231 cm³/mol. The van der Waals surface area contributed by atoms with Crippen LogP contribution in [-0.2, 0) is 31.1 Å². The predicted octanol–water partition coefficient (Wildman–Crippen LogP) is 14.1. The first kappa shape index (κ1) is 44.7. The van der Waals surface area contributed by atoms with Crippen LogP contribution >= 0.6 is 0 Å². The fourth-order valence-electron chi connectivity index (χ4n) is 8.14. The van der Waals surface area contributed by atoms with Gasteiger partial charge in [0.2, 0.25) is 0 Å². The van der Waals surface area contributed by atoms with Crippen molar-refractivity contribution in [1.29, 1.82) is 0 Å². The van der Waals surface area contributed by atoms with Gasteiger partial charge >= 0.3 is 0 Å². The van der Waals surface area contributed by atoms with E-state index in [9.17, 15) is 0 Å². The van der Waals surface area contributed by atoms with Gasteiger partial charge in [0.25, 0.3) is 0 Å². The first-order valence-corrected chi connectivity index (χ1v) is 22.4. The molecule has 2 saturated heterocycles. The van der Waals surface area contributed by atoms with Crippen molar-refractivity contribution in [3.8, 4) is 22.6 Å². The van der Waals surface area contributed by atoms with E-state index in [2.05, 4.69) is 121 Å². The fourth-order valence-corrected chi connectivity index (χ4v) is 8.14. The molecule has 4 heteroatoms.